The number of ether oxygens (including phenoxy) is 1. The molecule has 168 valence electrons. The molecule has 0 aromatic heterocycles. The number of alkyl halides is 3. The number of nitrogens with one attached hydrogen (secondary N) is 1. The van der Waals surface area contributed by atoms with Gasteiger partial charge in [0, 0.05) is 6.42 Å². The van der Waals surface area contributed by atoms with E-state index in [0.717, 1.165) is 11.1 Å². The van der Waals surface area contributed by atoms with Gasteiger partial charge in [-0.1, -0.05) is 60.7 Å². The maximum Gasteiger partial charge on any atom is 0.490 e. The standard InChI is InChI=1S/C19H22N2O3.C2HF3O2/c1-14(20)18(22)21-17(12-15-8-4-2-5-9-15)19(23)24-13-16-10-6-3-7-11-16;3-2(4,5)1(6)7/h2-11,14,17H,12-13,20H2,1H3,(H,21,22);(H,6,7)/t14-,17-;/m0./s1. The third kappa shape index (κ3) is 10.3. The van der Waals surface area contributed by atoms with Crippen molar-refractivity contribution in [2.75, 3.05) is 0 Å². The summed E-state index contributed by atoms with van der Waals surface area (Å²) in [6.45, 7) is 1.74. The molecule has 0 saturated heterocycles. The summed E-state index contributed by atoms with van der Waals surface area (Å²) in [7, 11) is 0. The topological polar surface area (TPSA) is 119 Å². The zero-order chi connectivity index (χ0) is 23.4. The molecule has 2 aromatic rings. The molecule has 0 unspecified atom stereocenters. The lowest BCUT2D eigenvalue weighted by atomic mass is 10.1. The normalized spacial score (nSPS) is 12.5. The van der Waals surface area contributed by atoms with Gasteiger partial charge in [0.2, 0.25) is 5.91 Å². The predicted molar refractivity (Wildman–Crippen MR) is 106 cm³/mol. The largest absolute Gasteiger partial charge is 0.490 e. The van der Waals surface area contributed by atoms with E-state index < -0.39 is 30.2 Å². The van der Waals surface area contributed by atoms with Crippen LogP contribution in [0, 0.1) is 0 Å². The summed E-state index contributed by atoms with van der Waals surface area (Å²) < 4.78 is 37.1. The Balaban J connectivity index is 0.000000592. The van der Waals surface area contributed by atoms with E-state index >= 15 is 0 Å². The maximum atomic E-state index is 12.4. The molecule has 7 nitrogen and oxygen atoms in total. The van der Waals surface area contributed by atoms with Gasteiger partial charge < -0.3 is 20.9 Å². The van der Waals surface area contributed by atoms with E-state index in [-0.39, 0.29) is 12.5 Å². The fraction of sp³-hybridized carbons (Fsp3) is 0.286. The minimum absolute atomic E-state index is 0.166. The number of rotatable bonds is 7. The summed E-state index contributed by atoms with van der Waals surface area (Å²) in [4.78, 5) is 33.2. The monoisotopic (exact) mass is 440 g/mol. The second-order valence-electron chi connectivity index (χ2n) is 6.44. The molecule has 10 heteroatoms. The van der Waals surface area contributed by atoms with Crippen LogP contribution in [0.15, 0.2) is 60.7 Å². The first-order chi connectivity index (χ1) is 14.5. The summed E-state index contributed by atoms with van der Waals surface area (Å²) in [5, 5.41) is 9.79. The van der Waals surface area contributed by atoms with Crippen molar-refractivity contribution >= 4 is 17.8 Å². The fourth-order valence-corrected chi connectivity index (χ4v) is 2.18. The Hall–Kier alpha value is -3.40. The highest BCUT2D eigenvalue weighted by atomic mass is 19.4. The lowest BCUT2D eigenvalue weighted by Gasteiger charge is -2.19. The number of amides is 1. The quantitative estimate of drug-likeness (QED) is 0.569. The highest BCUT2D eigenvalue weighted by Crippen LogP contribution is 2.13. The van der Waals surface area contributed by atoms with E-state index in [0.29, 0.717) is 6.42 Å². The van der Waals surface area contributed by atoms with Crippen molar-refractivity contribution in [2.24, 2.45) is 5.73 Å². The average Bonchev–Trinajstić information content (AvgIpc) is 2.72. The smallest absolute Gasteiger partial charge is 0.475 e. The van der Waals surface area contributed by atoms with Crippen LogP contribution in [0.2, 0.25) is 0 Å². The van der Waals surface area contributed by atoms with Crippen molar-refractivity contribution in [3.8, 4) is 0 Å². The van der Waals surface area contributed by atoms with Crippen molar-refractivity contribution in [1.29, 1.82) is 0 Å². The van der Waals surface area contributed by atoms with Gasteiger partial charge in [-0.05, 0) is 18.1 Å². The number of esters is 1. The van der Waals surface area contributed by atoms with E-state index in [1.54, 1.807) is 6.92 Å². The van der Waals surface area contributed by atoms with Crippen LogP contribution in [-0.2, 0) is 32.1 Å². The van der Waals surface area contributed by atoms with Crippen LogP contribution in [0.5, 0.6) is 0 Å². The molecule has 0 aliphatic heterocycles. The molecular formula is C21H23F3N2O5. The van der Waals surface area contributed by atoms with Gasteiger partial charge in [-0.15, -0.1) is 0 Å². The first-order valence-corrected chi connectivity index (χ1v) is 9.11. The first kappa shape index (κ1) is 25.6. The summed E-state index contributed by atoms with van der Waals surface area (Å²) in [6, 6.07) is 17.4. The van der Waals surface area contributed by atoms with Crippen molar-refractivity contribution < 1.29 is 37.4 Å². The van der Waals surface area contributed by atoms with Gasteiger partial charge in [-0.2, -0.15) is 13.2 Å². The summed E-state index contributed by atoms with van der Waals surface area (Å²) in [5.41, 5.74) is 7.40. The number of nitrogens with two attached hydrogens (primary N) is 1. The first-order valence-electron chi connectivity index (χ1n) is 9.11. The molecule has 4 N–H and O–H groups in total. The van der Waals surface area contributed by atoms with Crippen molar-refractivity contribution in [2.45, 2.75) is 38.2 Å². The van der Waals surface area contributed by atoms with Crippen LogP contribution < -0.4 is 11.1 Å². The van der Waals surface area contributed by atoms with Crippen molar-refractivity contribution in [3.05, 3.63) is 71.8 Å². The molecule has 0 saturated carbocycles. The molecule has 0 bridgehead atoms. The Morgan fingerprint density at radius 2 is 1.45 bits per heavy atom. The molecule has 0 heterocycles. The molecule has 0 radical (unpaired) electrons. The van der Waals surface area contributed by atoms with Gasteiger partial charge in [0.05, 0.1) is 6.04 Å². The Morgan fingerprint density at radius 1 is 1.00 bits per heavy atom. The number of aliphatic carboxylic acids is 1. The third-order valence-electron chi connectivity index (χ3n) is 3.76. The predicted octanol–water partition coefficient (Wildman–Crippen LogP) is 2.44. The molecule has 0 aliphatic rings. The second-order valence-corrected chi connectivity index (χ2v) is 6.44. The SMILES string of the molecule is C[C@H](N)C(=O)N[C@@H](Cc1ccccc1)C(=O)OCc1ccccc1.O=C(O)C(F)(F)F. The van der Waals surface area contributed by atoms with Crippen LogP contribution in [0.4, 0.5) is 13.2 Å². The minimum Gasteiger partial charge on any atom is -0.475 e. The van der Waals surface area contributed by atoms with Crippen LogP contribution >= 0.6 is 0 Å². The van der Waals surface area contributed by atoms with Gasteiger partial charge >= 0.3 is 18.1 Å². The lowest BCUT2D eigenvalue weighted by Crippen LogP contribution is -2.48. The fourth-order valence-electron chi connectivity index (χ4n) is 2.18. The number of carbonyl (C=O) groups is 3. The van der Waals surface area contributed by atoms with Crippen molar-refractivity contribution in [3.63, 3.8) is 0 Å². The molecule has 2 aromatic carbocycles. The number of halogens is 3. The Morgan fingerprint density at radius 3 is 1.87 bits per heavy atom. The molecule has 0 fully saturated rings. The lowest BCUT2D eigenvalue weighted by molar-refractivity contribution is -0.192. The minimum atomic E-state index is -5.08. The number of carboxylic acids is 1. The number of hydrogen-bond acceptors (Lipinski definition) is 5. The van der Waals surface area contributed by atoms with Gasteiger partial charge in [-0.3, -0.25) is 4.79 Å². The van der Waals surface area contributed by atoms with Gasteiger partial charge in [-0.25, -0.2) is 9.59 Å². The average molecular weight is 440 g/mol. The third-order valence-corrected chi connectivity index (χ3v) is 3.76. The van der Waals surface area contributed by atoms with Crippen LogP contribution in [-0.4, -0.2) is 41.2 Å². The van der Waals surface area contributed by atoms with Crippen LogP contribution in [0.1, 0.15) is 18.1 Å². The molecule has 2 rings (SSSR count). The van der Waals surface area contributed by atoms with Gasteiger partial charge in [0.15, 0.2) is 0 Å². The van der Waals surface area contributed by atoms with Crippen LogP contribution in [0.3, 0.4) is 0 Å². The molecule has 2 atom stereocenters. The number of carboxylic acid groups (broad SMARTS) is 1. The molecule has 0 spiro atoms. The van der Waals surface area contributed by atoms with E-state index in [2.05, 4.69) is 5.32 Å². The van der Waals surface area contributed by atoms with E-state index in [9.17, 15) is 22.8 Å². The summed E-state index contributed by atoms with van der Waals surface area (Å²) in [6.07, 6.45) is -4.73. The number of carbonyl (C=O) groups excluding carboxylic acids is 2. The highest BCUT2D eigenvalue weighted by Gasteiger charge is 2.38. The van der Waals surface area contributed by atoms with E-state index in [1.165, 1.54) is 0 Å². The van der Waals surface area contributed by atoms with Gasteiger partial charge in [0.1, 0.15) is 12.6 Å². The zero-order valence-electron chi connectivity index (χ0n) is 16.6. The molecule has 31 heavy (non-hydrogen) atoms. The molecule has 0 aliphatic carbocycles. The number of hydrogen-bond donors (Lipinski definition) is 3. The number of benzene rings is 2. The Labute approximate surface area is 177 Å². The summed E-state index contributed by atoms with van der Waals surface area (Å²) in [5.74, 6) is -3.61. The molecule has 1 amide bonds. The Bertz CT molecular complexity index is 843. The second kappa shape index (κ2) is 12.3. The van der Waals surface area contributed by atoms with Crippen LogP contribution in [0.25, 0.3) is 0 Å². The highest BCUT2D eigenvalue weighted by molar-refractivity contribution is 5.87. The maximum absolute atomic E-state index is 12.4. The Kier molecular flexibility index (Phi) is 10.2. The summed E-state index contributed by atoms with van der Waals surface area (Å²) >= 11 is 0. The molecular weight excluding hydrogens is 417 g/mol. The van der Waals surface area contributed by atoms with E-state index in [4.69, 9.17) is 20.4 Å². The zero-order valence-corrected chi connectivity index (χ0v) is 16.6. The van der Waals surface area contributed by atoms with E-state index in [1.807, 2.05) is 60.7 Å². The van der Waals surface area contributed by atoms with Crippen molar-refractivity contribution in [1.82, 2.24) is 5.32 Å². The van der Waals surface area contributed by atoms with Gasteiger partial charge in [0.25, 0.3) is 0 Å².